The molecule has 7 rings (SSSR count). The molecule has 0 bridgehead atoms. The van der Waals surface area contributed by atoms with Gasteiger partial charge in [-0.2, -0.15) is 0 Å². The molecule has 1 saturated heterocycles. The number of aliphatic hydroxyl groups is 2. The maximum Gasteiger partial charge on any atom is 0.509 e. The minimum atomic E-state index is -1.72. The molecule has 2 N–H and O–H groups in total. The highest BCUT2D eigenvalue weighted by molar-refractivity contribution is 6.13. The number of rotatable bonds is 13. The first-order chi connectivity index (χ1) is 28.1. The Bertz CT molecular complexity index is 2250. The summed E-state index contributed by atoms with van der Waals surface area (Å²) in [5.74, 6) is -0.601. The van der Waals surface area contributed by atoms with E-state index in [1.54, 1.807) is 48.5 Å². The lowest BCUT2D eigenvalue weighted by molar-refractivity contribution is -0.270. The van der Waals surface area contributed by atoms with Crippen LogP contribution in [0.2, 0.25) is 0 Å². The van der Waals surface area contributed by atoms with Crippen LogP contribution >= 0.6 is 0 Å². The van der Waals surface area contributed by atoms with Crippen molar-refractivity contribution in [1.29, 1.82) is 0 Å². The molecule has 16 heteroatoms. The molecule has 0 saturated carbocycles. The number of ether oxygens (including phenoxy) is 10. The van der Waals surface area contributed by atoms with Crippen molar-refractivity contribution in [1.82, 2.24) is 0 Å². The van der Waals surface area contributed by atoms with E-state index in [0.717, 1.165) is 0 Å². The first-order valence-electron chi connectivity index (χ1n) is 18.1. The largest absolute Gasteiger partial charge is 0.509 e. The van der Waals surface area contributed by atoms with Crippen molar-refractivity contribution in [2.75, 3.05) is 20.0 Å². The third-order valence-electron chi connectivity index (χ3n) is 9.55. The molecular formula is C42H38O16. The van der Waals surface area contributed by atoms with Crippen LogP contribution in [-0.2, 0) is 53.0 Å². The van der Waals surface area contributed by atoms with Gasteiger partial charge in [0.2, 0.25) is 19.2 Å². The fraction of sp³-hybridized carbons (Fsp3) is 0.286. The third-order valence-corrected chi connectivity index (χ3v) is 9.55. The average molecular weight is 799 g/mol. The van der Waals surface area contributed by atoms with E-state index in [2.05, 4.69) is 13.2 Å². The topological polar surface area (TPSA) is 201 Å². The third kappa shape index (κ3) is 7.84. The van der Waals surface area contributed by atoms with Gasteiger partial charge in [-0.05, 0) is 65.4 Å². The molecule has 3 aliphatic heterocycles. The van der Waals surface area contributed by atoms with E-state index >= 15 is 0 Å². The number of fused-ring (bicyclic) bond motifs is 3. The number of carbonyl (C=O) groups is 4. The summed E-state index contributed by atoms with van der Waals surface area (Å²) in [6, 6.07) is 16.3. The van der Waals surface area contributed by atoms with Crippen molar-refractivity contribution in [2.24, 2.45) is 0 Å². The van der Waals surface area contributed by atoms with Crippen molar-refractivity contribution >= 4 is 35.0 Å². The van der Waals surface area contributed by atoms with Gasteiger partial charge >= 0.3 is 24.2 Å². The van der Waals surface area contributed by atoms with Crippen LogP contribution in [0.5, 0.6) is 17.2 Å². The van der Waals surface area contributed by atoms with E-state index in [1.807, 2.05) is 0 Å². The molecular weight excluding hydrogens is 760 g/mol. The highest BCUT2D eigenvalue weighted by Crippen LogP contribution is 2.48. The second-order valence-corrected chi connectivity index (χ2v) is 13.1. The van der Waals surface area contributed by atoms with Gasteiger partial charge in [0.1, 0.15) is 31.7 Å². The van der Waals surface area contributed by atoms with Crippen LogP contribution in [0.25, 0.3) is 21.9 Å². The predicted octanol–water partition coefficient (Wildman–Crippen LogP) is 5.66. The maximum atomic E-state index is 13.7. The predicted molar refractivity (Wildman–Crippen MR) is 200 cm³/mol. The van der Waals surface area contributed by atoms with E-state index in [-0.39, 0.29) is 49.1 Å². The Morgan fingerprint density at radius 2 is 1.43 bits per heavy atom. The highest BCUT2D eigenvalue weighted by Gasteiger charge is 2.53. The van der Waals surface area contributed by atoms with Crippen molar-refractivity contribution in [3.8, 4) is 28.4 Å². The zero-order valence-electron chi connectivity index (χ0n) is 31.1. The second-order valence-electron chi connectivity index (χ2n) is 13.1. The smallest absolute Gasteiger partial charge is 0.460 e. The molecule has 1 unspecified atom stereocenters. The van der Waals surface area contributed by atoms with E-state index < -0.39 is 68.2 Å². The van der Waals surface area contributed by atoms with Gasteiger partial charge in [0.25, 0.3) is 0 Å². The van der Waals surface area contributed by atoms with E-state index in [4.69, 9.17) is 47.4 Å². The van der Waals surface area contributed by atoms with Crippen molar-refractivity contribution in [3.63, 3.8) is 0 Å². The Morgan fingerprint density at radius 3 is 2.10 bits per heavy atom. The molecule has 0 spiro atoms. The van der Waals surface area contributed by atoms with Crippen LogP contribution in [0.4, 0.5) is 9.59 Å². The summed E-state index contributed by atoms with van der Waals surface area (Å²) in [7, 11) is 0. The molecule has 302 valence electrons. The van der Waals surface area contributed by atoms with Crippen LogP contribution in [0.15, 0.2) is 86.0 Å². The number of hydrogen-bond donors (Lipinski definition) is 2. The Balaban J connectivity index is 1.39. The maximum absolute atomic E-state index is 13.7. The lowest BCUT2D eigenvalue weighted by Gasteiger charge is -2.43. The summed E-state index contributed by atoms with van der Waals surface area (Å²) in [4.78, 5) is 53.3. The zero-order chi connectivity index (χ0) is 40.9. The second kappa shape index (κ2) is 17.3. The van der Waals surface area contributed by atoms with Gasteiger partial charge in [-0.1, -0.05) is 49.6 Å². The van der Waals surface area contributed by atoms with Gasteiger partial charge in [0, 0.05) is 16.5 Å². The lowest BCUT2D eigenvalue weighted by atomic mass is 9.87. The molecule has 3 heterocycles. The monoisotopic (exact) mass is 798 g/mol. The zero-order valence-corrected chi connectivity index (χ0v) is 31.1. The number of aliphatic hydroxyl groups excluding tert-OH is 2. The molecule has 16 nitrogen and oxygen atoms in total. The van der Waals surface area contributed by atoms with Crippen LogP contribution < -0.4 is 14.2 Å². The Hall–Kier alpha value is -6.62. The first-order valence-corrected chi connectivity index (χ1v) is 18.1. The van der Waals surface area contributed by atoms with Gasteiger partial charge in [-0.25, -0.2) is 19.2 Å². The van der Waals surface area contributed by atoms with Crippen LogP contribution in [0, 0.1) is 0 Å². The van der Waals surface area contributed by atoms with Gasteiger partial charge in [-0.3, -0.25) is 0 Å². The fourth-order valence-electron chi connectivity index (χ4n) is 6.92. The number of hydrogen-bond acceptors (Lipinski definition) is 16. The van der Waals surface area contributed by atoms with Gasteiger partial charge in [-0.15, -0.1) is 0 Å². The van der Waals surface area contributed by atoms with E-state index in [1.165, 1.54) is 31.2 Å². The molecule has 5 atom stereocenters. The molecule has 58 heavy (non-hydrogen) atoms. The Morgan fingerprint density at radius 1 is 0.776 bits per heavy atom. The molecule has 1 fully saturated rings. The number of cyclic esters (lactones) is 1. The normalized spacial score (nSPS) is 20.3. The lowest BCUT2D eigenvalue weighted by Crippen LogP contribution is -2.62. The summed E-state index contributed by atoms with van der Waals surface area (Å²) in [5.41, 5.74) is 2.15. The molecule has 0 aliphatic carbocycles. The molecule has 0 amide bonds. The highest BCUT2D eigenvalue weighted by atomic mass is 16.8. The van der Waals surface area contributed by atoms with Gasteiger partial charge in [0.05, 0.1) is 24.3 Å². The quantitative estimate of drug-likeness (QED) is 0.0953. The van der Waals surface area contributed by atoms with Crippen molar-refractivity contribution in [2.45, 2.75) is 57.5 Å². The van der Waals surface area contributed by atoms with Crippen molar-refractivity contribution < 1.29 is 76.8 Å². The van der Waals surface area contributed by atoms with E-state index in [9.17, 15) is 29.4 Å². The Labute approximate surface area is 330 Å². The first kappa shape index (κ1) is 39.6. The Kier molecular flexibility index (Phi) is 11.8. The molecule has 4 aromatic rings. The summed E-state index contributed by atoms with van der Waals surface area (Å²) < 4.78 is 57.2. The molecule has 4 aromatic carbocycles. The number of benzene rings is 4. The summed E-state index contributed by atoms with van der Waals surface area (Å²) in [6.07, 6.45) is -7.35. The molecule has 0 radical (unpaired) electrons. The SMILES string of the molecule is C=CCOC(=O)O[C@H]1[C@H](OC(=O)c2ccccc2)[C@@H](OC(=O)OCC=C)C(Oc2c3c(c(-c4ccc5c(c4)OCO5)c4cc(CO)c(CO)cc24)C(=O)OC3)O[C@@H]1C. The van der Waals surface area contributed by atoms with Gasteiger partial charge < -0.3 is 57.6 Å². The average Bonchev–Trinajstić information content (AvgIpc) is 3.87. The number of carbonyl (C=O) groups excluding carboxylic acids is 4. The summed E-state index contributed by atoms with van der Waals surface area (Å²) in [6.45, 7) is 6.91. The molecule has 3 aliphatic rings. The minimum absolute atomic E-state index is 0.00865. The summed E-state index contributed by atoms with van der Waals surface area (Å²) >= 11 is 0. The van der Waals surface area contributed by atoms with Crippen LogP contribution in [0.1, 0.15) is 44.3 Å². The fourth-order valence-corrected chi connectivity index (χ4v) is 6.92. The summed E-state index contributed by atoms with van der Waals surface area (Å²) in [5, 5.41) is 21.5. The van der Waals surface area contributed by atoms with Crippen LogP contribution in [0.3, 0.4) is 0 Å². The number of esters is 2. The molecule has 0 aromatic heterocycles. The van der Waals surface area contributed by atoms with Crippen molar-refractivity contribution in [3.05, 3.63) is 114 Å². The van der Waals surface area contributed by atoms with E-state index in [0.29, 0.717) is 44.5 Å². The minimum Gasteiger partial charge on any atom is -0.460 e. The van der Waals surface area contributed by atoms with Gasteiger partial charge in [0.15, 0.2) is 23.7 Å². The van der Waals surface area contributed by atoms with Crippen LogP contribution in [-0.4, -0.2) is 85.2 Å². The standard InChI is InChI=1S/C42H38O16/c1-4-13-49-41(47)57-34-22(3)54-40(37(58-42(48)50-14-5-2)36(34)55-38(45)23-9-7-6-8-10-23)56-35-28-16-26(19-44)25(18-43)15-27(28)32(33-29(35)20-51-39(33)46)24-11-12-30-31(17-24)53-21-52-30/h4-12,15-17,22,34,36-37,40,43-44H,1-2,13-14,18-21H2,3H3/t22-,34-,36+,37-,40?/m1/s1.